The largest absolute Gasteiger partial charge is 0.395 e. The van der Waals surface area contributed by atoms with Gasteiger partial charge in [-0.05, 0) is 55.1 Å². The summed E-state index contributed by atoms with van der Waals surface area (Å²) in [5, 5.41) is 3.01. The van der Waals surface area contributed by atoms with E-state index in [2.05, 4.69) is 9.69 Å². The lowest BCUT2D eigenvalue weighted by atomic mass is 10.1. The van der Waals surface area contributed by atoms with Gasteiger partial charge < -0.3 is 16.8 Å². The third kappa shape index (κ3) is 4.43. The molecule has 0 saturated heterocycles. The van der Waals surface area contributed by atoms with Crippen LogP contribution in [0.3, 0.4) is 0 Å². The van der Waals surface area contributed by atoms with Crippen LogP contribution in [0.5, 0.6) is 0 Å². The fourth-order valence-electron chi connectivity index (χ4n) is 3.63. The van der Waals surface area contributed by atoms with Gasteiger partial charge in [0.1, 0.15) is 16.7 Å². The molecule has 2 aromatic rings. The number of primary amides is 1. The minimum absolute atomic E-state index is 0.000224. The van der Waals surface area contributed by atoms with Crippen molar-refractivity contribution in [3.8, 4) is 0 Å². The summed E-state index contributed by atoms with van der Waals surface area (Å²) in [4.78, 5) is 39.2. The fourth-order valence-corrected chi connectivity index (χ4v) is 4.37. The van der Waals surface area contributed by atoms with Crippen molar-refractivity contribution in [2.45, 2.75) is 51.1 Å². The van der Waals surface area contributed by atoms with E-state index >= 15 is 0 Å². The van der Waals surface area contributed by atoms with E-state index in [1.807, 2.05) is 0 Å². The van der Waals surface area contributed by atoms with Crippen LogP contribution < -0.4 is 21.7 Å². The van der Waals surface area contributed by atoms with Gasteiger partial charge in [-0.15, -0.1) is 0 Å². The van der Waals surface area contributed by atoms with Crippen LogP contribution in [0.1, 0.15) is 59.2 Å². The number of anilines is 2. The molecule has 1 saturated carbocycles. The quantitative estimate of drug-likeness (QED) is 0.617. The van der Waals surface area contributed by atoms with E-state index in [9.17, 15) is 18.8 Å². The average Bonchev–Trinajstić information content (AvgIpc) is 3.35. The summed E-state index contributed by atoms with van der Waals surface area (Å²) in [6.07, 6.45) is 4.22. The molecule has 1 aromatic carbocycles. The summed E-state index contributed by atoms with van der Waals surface area (Å²) in [5.41, 5.74) is 11.2. The monoisotopic (exact) mass is 433 g/mol. The predicted octanol–water partition coefficient (Wildman–Crippen LogP) is 2.45. The van der Waals surface area contributed by atoms with Gasteiger partial charge in [0, 0.05) is 11.7 Å². The molecule has 8 nitrogen and oxygen atoms in total. The number of rotatable bonds is 7. The minimum atomic E-state index is -0.845. The van der Waals surface area contributed by atoms with Crippen molar-refractivity contribution >= 4 is 40.6 Å². The van der Waals surface area contributed by atoms with E-state index in [0.29, 0.717) is 12.1 Å². The lowest BCUT2D eigenvalue weighted by Gasteiger charge is -2.31. The van der Waals surface area contributed by atoms with Gasteiger partial charge in [0.25, 0.3) is 11.8 Å². The van der Waals surface area contributed by atoms with Gasteiger partial charge in [-0.3, -0.25) is 19.3 Å². The summed E-state index contributed by atoms with van der Waals surface area (Å²) in [5.74, 6) is -2.21. The van der Waals surface area contributed by atoms with Crippen molar-refractivity contribution < 1.29 is 18.8 Å². The Labute approximate surface area is 177 Å². The first-order valence-corrected chi connectivity index (χ1v) is 10.5. The van der Waals surface area contributed by atoms with Crippen LogP contribution >= 0.6 is 11.5 Å². The number of nitrogens with two attached hydrogens (primary N) is 2. The second kappa shape index (κ2) is 9.21. The summed E-state index contributed by atoms with van der Waals surface area (Å²) >= 11 is 0.738. The molecule has 160 valence electrons. The first-order chi connectivity index (χ1) is 14.3. The SMILES string of the molecule is CC[C@H](C(=O)NC1CCCC1)N(C(=O)c1snc(C(N)=O)c1N)c1ccc(F)cc1. The highest BCUT2D eigenvalue weighted by Gasteiger charge is 2.34. The molecule has 1 atom stereocenters. The second-order valence-electron chi connectivity index (χ2n) is 7.20. The van der Waals surface area contributed by atoms with E-state index in [-0.39, 0.29) is 28.2 Å². The smallest absolute Gasteiger partial charge is 0.272 e. The Morgan fingerprint density at radius 3 is 2.43 bits per heavy atom. The maximum absolute atomic E-state index is 13.5. The van der Waals surface area contributed by atoms with Crippen molar-refractivity contribution in [1.29, 1.82) is 0 Å². The van der Waals surface area contributed by atoms with Crippen LogP contribution in [0.2, 0.25) is 0 Å². The summed E-state index contributed by atoms with van der Waals surface area (Å²) in [7, 11) is 0. The van der Waals surface area contributed by atoms with E-state index in [4.69, 9.17) is 11.5 Å². The Morgan fingerprint density at radius 1 is 1.27 bits per heavy atom. The maximum atomic E-state index is 13.5. The summed E-state index contributed by atoms with van der Waals surface area (Å²) in [6, 6.07) is 4.49. The summed E-state index contributed by atoms with van der Waals surface area (Å²) in [6.45, 7) is 1.79. The molecule has 0 aliphatic heterocycles. The molecule has 30 heavy (non-hydrogen) atoms. The van der Waals surface area contributed by atoms with Gasteiger partial charge in [0.05, 0.1) is 5.69 Å². The lowest BCUT2D eigenvalue weighted by Crippen LogP contribution is -2.51. The molecule has 1 aliphatic carbocycles. The Kier molecular flexibility index (Phi) is 6.66. The molecule has 10 heteroatoms. The van der Waals surface area contributed by atoms with E-state index in [0.717, 1.165) is 37.2 Å². The fraction of sp³-hybridized carbons (Fsp3) is 0.400. The number of carbonyl (C=O) groups is 3. The van der Waals surface area contributed by atoms with Gasteiger partial charge >= 0.3 is 0 Å². The number of hydrogen-bond acceptors (Lipinski definition) is 6. The van der Waals surface area contributed by atoms with E-state index in [1.54, 1.807) is 6.92 Å². The van der Waals surface area contributed by atoms with Crippen LogP contribution in [0, 0.1) is 5.82 Å². The first-order valence-electron chi connectivity index (χ1n) is 9.77. The van der Waals surface area contributed by atoms with Crippen molar-refractivity contribution in [3.63, 3.8) is 0 Å². The number of carbonyl (C=O) groups excluding carboxylic acids is 3. The lowest BCUT2D eigenvalue weighted by molar-refractivity contribution is -0.123. The van der Waals surface area contributed by atoms with Crippen molar-refractivity contribution in [3.05, 3.63) is 40.7 Å². The number of hydrogen-bond donors (Lipinski definition) is 3. The van der Waals surface area contributed by atoms with Gasteiger partial charge in [-0.2, -0.15) is 4.37 Å². The number of nitrogen functional groups attached to an aromatic ring is 1. The highest BCUT2D eigenvalue weighted by molar-refractivity contribution is 7.09. The van der Waals surface area contributed by atoms with Crippen molar-refractivity contribution in [1.82, 2.24) is 9.69 Å². The topological polar surface area (TPSA) is 131 Å². The highest BCUT2D eigenvalue weighted by Crippen LogP contribution is 2.29. The number of benzene rings is 1. The molecule has 3 amide bonds. The van der Waals surface area contributed by atoms with Crippen LogP contribution in [0.25, 0.3) is 0 Å². The Hall–Kier alpha value is -3.01. The maximum Gasteiger partial charge on any atom is 0.272 e. The molecule has 0 spiro atoms. The normalized spacial score (nSPS) is 15.0. The zero-order chi connectivity index (χ0) is 21.8. The van der Waals surface area contributed by atoms with Gasteiger partial charge in [0.2, 0.25) is 5.91 Å². The number of aromatic nitrogens is 1. The third-order valence-electron chi connectivity index (χ3n) is 5.18. The first kappa shape index (κ1) is 21.7. The third-order valence-corrected chi connectivity index (χ3v) is 6.03. The molecular weight excluding hydrogens is 409 g/mol. The number of nitrogens with zero attached hydrogens (tertiary/aromatic N) is 2. The Balaban J connectivity index is 1.98. The number of halogens is 1. The van der Waals surface area contributed by atoms with Crippen LogP contribution in [-0.4, -0.2) is 34.2 Å². The van der Waals surface area contributed by atoms with Crippen LogP contribution in [-0.2, 0) is 4.79 Å². The van der Waals surface area contributed by atoms with Crippen LogP contribution in [0.15, 0.2) is 24.3 Å². The van der Waals surface area contributed by atoms with Crippen LogP contribution in [0.4, 0.5) is 15.8 Å². The molecule has 1 aromatic heterocycles. The zero-order valence-corrected chi connectivity index (χ0v) is 17.4. The Bertz CT molecular complexity index is 940. The molecule has 5 N–H and O–H groups in total. The van der Waals surface area contributed by atoms with Gasteiger partial charge in [0.15, 0.2) is 5.69 Å². The molecule has 0 unspecified atom stereocenters. The second-order valence-corrected chi connectivity index (χ2v) is 7.98. The van der Waals surface area contributed by atoms with E-state index < -0.39 is 23.7 Å². The summed E-state index contributed by atoms with van der Waals surface area (Å²) < 4.78 is 17.4. The molecule has 3 rings (SSSR count). The molecule has 1 heterocycles. The van der Waals surface area contributed by atoms with E-state index in [1.165, 1.54) is 29.2 Å². The standard InChI is InChI=1S/C20H24FN5O3S/c1-2-14(19(28)24-12-5-3-4-6-12)26(13-9-7-11(21)8-10-13)20(29)17-15(22)16(18(23)27)25-30-17/h7-10,12,14H,2-6,22H2,1H3,(H2,23,27)(H,24,28)/t14-/m1/s1. The molecule has 1 fully saturated rings. The van der Waals surface area contributed by atoms with Gasteiger partial charge in [-0.1, -0.05) is 19.8 Å². The molecule has 1 aliphatic rings. The van der Waals surface area contributed by atoms with Crippen molar-refractivity contribution in [2.24, 2.45) is 5.73 Å². The predicted molar refractivity (Wildman–Crippen MR) is 113 cm³/mol. The Morgan fingerprint density at radius 2 is 1.90 bits per heavy atom. The van der Waals surface area contributed by atoms with Crippen molar-refractivity contribution in [2.75, 3.05) is 10.6 Å². The minimum Gasteiger partial charge on any atom is -0.395 e. The molecule has 0 bridgehead atoms. The average molecular weight is 434 g/mol. The van der Waals surface area contributed by atoms with Gasteiger partial charge in [-0.25, -0.2) is 4.39 Å². The number of amides is 3. The zero-order valence-electron chi connectivity index (χ0n) is 16.6. The number of nitrogens with one attached hydrogen (secondary N) is 1. The highest BCUT2D eigenvalue weighted by atomic mass is 32.1. The molecular formula is C20H24FN5O3S. The molecule has 0 radical (unpaired) electrons.